The SMILES string of the molecule is Cc1ccc(C2(c3ccc(C)cc3)Oc3ccc(C(=O)N4CCOCC4)cc3O2)cc1. The highest BCUT2D eigenvalue weighted by Crippen LogP contribution is 2.48. The van der Waals surface area contributed by atoms with E-state index in [1.165, 1.54) is 0 Å². The largest absolute Gasteiger partial charge is 0.440 e. The number of morpholine rings is 1. The van der Waals surface area contributed by atoms with Crippen LogP contribution in [0.3, 0.4) is 0 Å². The van der Waals surface area contributed by atoms with Gasteiger partial charge < -0.3 is 19.1 Å². The van der Waals surface area contributed by atoms with Gasteiger partial charge in [0.2, 0.25) is 0 Å². The Morgan fingerprint density at radius 2 is 1.32 bits per heavy atom. The molecule has 31 heavy (non-hydrogen) atoms. The number of rotatable bonds is 3. The molecule has 1 amide bonds. The van der Waals surface area contributed by atoms with Crippen LogP contribution >= 0.6 is 0 Å². The van der Waals surface area contributed by atoms with Crippen molar-refractivity contribution in [1.29, 1.82) is 0 Å². The van der Waals surface area contributed by atoms with Gasteiger partial charge in [-0.25, -0.2) is 0 Å². The third kappa shape index (κ3) is 3.55. The molecule has 3 aromatic carbocycles. The summed E-state index contributed by atoms with van der Waals surface area (Å²) in [5, 5.41) is 0. The van der Waals surface area contributed by atoms with E-state index in [0.29, 0.717) is 43.4 Å². The van der Waals surface area contributed by atoms with Gasteiger partial charge in [0.05, 0.1) is 13.2 Å². The Balaban J connectivity index is 1.53. The number of nitrogens with zero attached hydrogens (tertiary/aromatic N) is 1. The van der Waals surface area contributed by atoms with E-state index in [4.69, 9.17) is 14.2 Å². The molecule has 2 heterocycles. The average molecular weight is 415 g/mol. The molecule has 5 heteroatoms. The quantitative estimate of drug-likeness (QED) is 0.634. The molecule has 0 saturated carbocycles. The number of amides is 1. The van der Waals surface area contributed by atoms with Gasteiger partial charge in [-0.1, -0.05) is 59.7 Å². The minimum atomic E-state index is -1.09. The van der Waals surface area contributed by atoms with Gasteiger partial charge in [-0.2, -0.15) is 0 Å². The van der Waals surface area contributed by atoms with Crippen molar-refractivity contribution in [2.75, 3.05) is 26.3 Å². The number of carbonyl (C=O) groups is 1. The van der Waals surface area contributed by atoms with Gasteiger partial charge in [-0.05, 0) is 32.0 Å². The minimum Gasteiger partial charge on any atom is -0.440 e. The molecule has 3 aromatic rings. The molecule has 2 aliphatic heterocycles. The molecule has 0 atom stereocenters. The molecule has 5 rings (SSSR count). The molecule has 0 N–H and O–H groups in total. The van der Waals surface area contributed by atoms with Crippen molar-refractivity contribution in [3.05, 3.63) is 94.5 Å². The molecule has 5 nitrogen and oxygen atoms in total. The van der Waals surface area contributed by atoms with Crippen LogP contribution in [0.15, 0.2) is 66.7 Å². The summed E-state index contributed by atoms with van der Waals surface area (Å²) in [6.07, 6.45) is 0. The van der Waals surface area contributed by atoms with E-state index in [1.807, 2.05) is 59.5 Å². The maximum atomic E-state index is 12.9. The lowest BCUT2D eigenvalue weighted by atomic mass is 9.95. The van der Waals surface area contributed by atoms with Crippen molar-refractivity contribution in [2.24, 2.45) is 0 Å². The Hall–Kier alpha value is -3.31. The van der Waals surface area contributed by atoms with E-state index in [1.54, 1.807) is 12.1 Å². The topological polar surface area (TPSA) is 48.0 Å². The molecule has 158 valence electrons. The third-order valence-electron chi connectivity index (χ3n) is 5.86. The highest BCUT2D eigenvalue weighted by molar-refractivity contribution is 5.95. The molecular formula is C26H25NO4. The van der Waals surface area contributed by atoms with Crippen LogP contribution in [0, 0.1) is 13.8 Å². The zero-order valence-electron chi connectivity index (χ0n) is 17.8. The first-order valence-corrected chi connectivity index (χ1v) is 10.6. The van der Waals surface area contributed by atoms with Crippen LogP contribution in [-0.4, -0.2) is 37.1 Å². The molecule has 0 unspecified atom stereocenters. The first-order valence-electron chi connectivity index (χ1n) is 10.6. The van der Waals surface area contributed by atoms with Crippen molar-refractivity contribution in [3.63, 3.8) is 0 Å². The van der Waals surface area contributed by atoms with Gasteiger partial charge in [-0.15, -0.1) is 0 Å². The Kier molecular flexibility index (Phi) is 4.91. The summed E-state index contributed by atoms with van der Waals surface area (Å²) in [7, 11) is 0. The fourth-order valence-corrected chi connectivity index (χ4v) is 4.03. The van der Waals surface area contributed by atoms with Crippen molar-refractivity contribution in [3.8, 4) is 11.5 Å². The number of hydrogen-bond donors (Lipinski definition) is 0. The van der Waals surface area contributed by atoms with E-state index in [2.05, 4.69) is 13.8 Å². The molecule has 0 spiro atoms. The molecule has 0 radical (unpaired) electrons. The first-order chi connectivity index (χ1) is 15.0. The summed E-state index contributed by atoms with van der Waals surface area (Å²) in [6.45, 7) is 6.45. The van der Waals surface area contributed by atoms with Gasteiger partial charge in [0.25, 0.3) is 5.91 Å². The summed E-state index contributed by atoms with van der Waals surface area (Å²) in [5.74, 6) is 0.0856. The summed E-state index contributed by atoms with van der Waals surface area (Å²) >= 11 is 0. The van der Waals surface area contributed by atoms with Crippen LogP contribution in [0.2, 0.25) is 0 Å². The maximum Gasteiger partial charge on any atom is 0.305 e. The Bertz CT molecular complexity index is 1050. The average Bonchev–Trinajstić information content (AvgIpc) is 3.20. The number of benzene rings is 3. The molecule has 0 aliphatic carbocycles. The monoisotopic (exact) mass is 415 g/mol. The number of ether oxygens (including phenoxy) is 3. The van der Waals surface area contributed by atoms with Crippen LogP contribution in [0.25, 0.3) is 0 Å². The Labute approximate surface area is 182 Å². The summed E-state index contributed by atoms with van der Waals surface area (Å²) in [6, 6.07) is 21.7. The zero-order chi connectivity index (χ0) is 21.4. The van der Waals surface area contributed by atoms with Crippen molar-refractivity contribution >= 4 is 5.91 Å². The normalized spacial score (nSPS) is 16.9. The number of carbonyl (C=O) groups excluding carboxylic acids is 1. The zero-order valence-corrected chi connectivity index (χ0v) is 17.8. The molecule has 2 aliphatic rings. The third-order valence-corrected chi connectivity index (χ3v) is 5.86. The second-order valence-corrected chi connectivity index (χ2v) is 8.12. The molecule has 0 bridgehead atoms. The van der Waals surface area contributed by atoms with Crippen LogP contribution in [-0.2, 0) is 10.5 Å². The number of aryl methyl sites for hydroxylation is 2. The van der Waals surface area contributed by atoms with Crippen LogP contribution < -0.4 is 9.47 Å². The van der Waals surface area contributed by atoms with E-state index in [9.17, 15) is 4.79 Å². The van der Waals surface area contributed by atoms with Crippen LogP contribution in [0.5, 0.6) is 11.5 Å². The number of hydrogen-bond acceptors (Lipinski definition) is 4. The molecule has 1 saturated heterocycles. The fourth-order valence-electron chi connectivity index (χ4n) is 4.03. The smallest absolute Gasteiger partial charge is 0.305 e. The van der Waals surface area contributed by atoms with Gasteiger partial charge in [-0.3, -0.25) is 4.79 Å². The number of fused-ring (bicyclic) bond motifs is 1. The van der Waals surface area contributed by atoms with E-state index in [0.717, 1.165) is 22.3 Å². The Morgan fingerprint density at radius 1 is 0.774 bits per heavy atom. The van der Waals surface area contributed by atoms with Crippen molar-refractivity contribution < 1.29 is 19.0 Å². The predicted molar refractivity (Wildman–Crippen MR) is 118 cm³/mol. The lowest BCUT2D eigenvalue weighted by Gasteiger charge is -2.29. The van der Waals surface area contributed by atoms with E-state index in [-0.39, 0.29) is 5.91 Å². The minimum absolute atomic E-state index is 0.0159. The van der Waals surface area contributed by atoms with Crippen LogP contribution in [0.4, 0.5) is 0 Å². The highest BCUT2D eigenvalue weighted by Gasteiger charge is 2.45. The van der Waals surface area contributed by atoms with Crippen molar-refractivity contribution in [1.82, 2.24) is 4.90 Å². The second-order valence-electron chi connectivity index (χ2n) is 8.12. The van der Waals surface area contributed by atoms with E-state index >= 15 is 0 Å². The fraction of sp³-hybridized carbons (Fsp3) is 0.269. The van der Waals surface area contributed by atoms with Crippen molar-refractivity contribution in [2.45, 2.75) is 19.6 Å². The molecule has 0 aromatic heterocycles. The van der Waals surface area contributed by atoms with E-state index < -0.39 is 5.79 Å². The van der Waals surface area contributed by atoms with Gasteiger partial charge in [0.15, 0.2) is 11.5 Å². The Morgan fingerprint density at radius 3 is 1.90 bits per heavy atom. The summed E-state index contributed by atoms with van der Waals surface area (Å²) in [5.41, 5.74) is 4.72. The summed E-state index contributed by atoms with van der Waals surface area (Å²) < 4.78 is 18.3. The van der Waals surface area contributed by atoms with Gasteiger partial charge in [0.1, 0.15) is 0 Å². The first kappa shape index (κ1) is 19.6. The lowest BCUT2D eigenvalue weighted by molar-refractivity contribution is -0.0459. The second kappa shape index (κ2) is 7.75. The molecule has 1 fully saturated rings. The predicted octanol–water partition coefficient (Wildman–Crippen LogP) is 4.45. The highest BCUT2D eigenvalue weighted by atomic mass is 16.7. The van der Waals surface area contributed by atoms with Gasteiger partial charge in [0, 0.05) is 29.8 Å². The summed E-state index contributed by atoms with van der Waals surface area (Å²) in [4.78, 5) is 14.8. The molecular weight excluding hydrogens is 390 g/mol. The maximum absolute atomic E-state index is 12.9. The standard InChI is InChI=1S/C26H25NO4/c1-18-3-8-21(9-4-18)26(22-10-5-19(2)6-11-22)30-23-12-7-20(17-24(23)31-26)25(28)27-13-15-29-16-14-27/h3-12,17H,13-16H2,1-2H3. The van der Waals surface area contributed by atoms with Crippen LogP contribution in [0.1, 0.15) is 32.6 Å². The lowest BCUT2D eigenvalue weighted by Crippen LogP contribution is -2.40. The van der Waals surface area contributed by atoms with Gasteiger partial charge >= 0.3 is 5.79 Å².